The molecule has 0 aliphatic heterocycles. The molecule has 3 N–H and O–H groups in total. The molecular weight excluding hydrogens is 423 g/mol. The van der Waals surface area contributed by atoms with E-state index in [1.807, 2.05) is 0 Å². The quantitative estimate of drug-likeness (QED) is 0.414. The van der Waals surface area contributed by atoms with Gasteiger partial charge in [0.2, 0.25) is 0 Å². The monoisotopic (exact) mass is 450 g/mol. The zero-order valence-electron chi connectivity index (χ0n) is 15.0. The van der Waals surface area contributed by atoms with Gasteiger partial charge in [0.1, 0.15) is 0 Å². The van der Waals surface area contributed by atoms with E-state index in [4.69, 9.17) is 5.73 Å². The van der Waals surface area contributed by atoms with Gasteiger partial charge in [-0.1, -0.05) is 30.3 Å². The van der Waals surface area contributed by atoms with E-state index in [0.717, 1.165) is 12.2 Å². The van der Waals surface area contributed by atoms with Gasteiger partial charge in [0.05, 0.1) is 6.54 Å². The largest absolute Gasteiger partial charge is 0.370 e. The molecule has 0 bridgehead atoms. The van der Waals surface area contributed by atoms with Gasteiger partial charge in [-0.2, -0.15) is 0 Å². The number of hydrogen-bond donors (Lipinski definition) is 2. The number of aliphatic imine (C=N–C) groups is 1. The van der Waals surface area contributed by atoms with Crippen molar-refractivity contribution >= 4 is 35.6 Å². The molecule has 0 fully saturated rings. The minimum atomic E-state index is 0. The van der Waals surface area contributed by atoms with Gasteiger partial charge in [-0.15, -0.1) is 24.0 Å². The third kappa shape index (κ3) is 5.71. The van der Waals surface area contributed by atoms with Gasteiger partial charge in [0.15, 0.2) is 5.96 Å². The SMILES string of the molecule is CN(C)Cc1cccc(CN=C(N)Nc2ccc3c(c2)CCC3)c1.I. The zero-order chi connectivity index (χ0) is 16.9. The Morgan fingerprint density at radius 2 is 1.84 bits per heavy atom. The van der Waals surface area contributed by atoms with Gasteiger partial charge < -0.3 is 16.0 Å². The van der Waals surface area contributed by atoms with Crippen molar-refractivity contribution < 1.29 is 0 Å². The average Bonchev–Trinajstić information content (AvgIpc) is 3.00. The van der Waals surface area contributed by atoms with Crippen molar-refractivity contribution in [3.05, 3.63) is 64.7 Å². The van der Waals surface area contributed by atoms with E-state index in [1.54, 1.807) is 0 Å². The molecule has 0 amide bonds. The van der Waals surface area contributed by atoms with E-state index in [9.17, 15) is 0 Å². The summed E-state index contributed by atoms with van der Waals surface area (Å²) >= 11 is 0. The maximum atomic E-state index is 6.05. The molecule has 3 rings (SSSR count). The summed E-state index contributed by atoms with van der Waals surface area (Å²) in [5.41, 5.74) is 12.4. The number of halogens is 1. The number of rotatable bonds is 5. The van der Waals surface area contributed by atoms with Crippen LogP contribution in [0.4, 0.5) is 5.69 Å². The molecule has 0 heterocycles. The summed E-state index contributed by atoms with van der Waals surface area (Å²) in [7, 11) is 4.15. The number of aryl methyl sites for hydroxylation is 2. The Morgan fingerprint density at radius 3 is 2.64 bits per heavy atom. The summed E-state index contributed by atoms with van der Waals surface area (Å²) in [5.74, 6) is 0.464. The summed E-state index contributed by atoms with van der Waals surface area (Å²) < 4.78 is 0. The number of nitrogens with zero attached hydrogens (tertiary/aromatic N) is 2. The molecule has 2 aromatic rings. The van der Waals surface area contributed by atoms with E-state index in [-0.39, 0.29) is 24.0 Å². The standard InChI is InChI=1S/C20H26N4.HI/c1-24(2)14-16-6-3-5-15(11-16)13-22-20(21)23-19-10-9-17-7-4-8-18(17)12-19;/h3,5-6,9-12H,4,7-8,13-14H2,1-2H3,(H3,21,22,23);1H. The van der Waals surface area contributed by atoms with Crippen LogP contribution in [0.25, 0.3) is 0 Å². The van der Waals surface area contributed by atoms with Crippen LogP contribution < -0.4 is 11.1 Å². The van der Waals surface area contributed by atoms with Crippen LogP contribution in [0.2, 0.25) is 0 Å². The number of nitrogens with two attached hydrogens (primary N) is 1. The van der Waals surface area contributed by atoms with Crippen LogP contribution in [0, 0.1) is 0 Å². The van der Waals surface area contributed by atoms with Gasteiger partial charge in [-0.3, -0.25) is 0 Å². The Bertz CT molecular complexity index is 740. The van der Waals surface area contributed by atoms with Gasteiger partial charge >= 0.3 is 0 Å². The topological polar surface area (TPSA) is 53.6 Å². The average molecular weight is 450 g/mol. The molecule has 0 unspecified atom stereocenters. The Labute approximate surface area is 167 Å². The molecule has 25 heavy (non-hydrogen) atoms. The molecule has 0 radical (unpaired) electrons. The Morgan fingerprint density at radius 1 is 1.08 bits per heavy atom. The number of guanidine groups is 1. The summed E-state index contributed by atoms with van der Waals surface area (Å²) in [5, 5.41) is 3.21. The predicted molar refractivity (Wildman–Crippen MR) is 117 cm³/mol. The molecular formula is C20H27IN4. The lowest BCUT2D eigenvalue weighted by atomic mass is 10.1. The lowest BCUT2D eigenvalue weighted by Gasteiger charge is -2.11. The maximum absolute atomic E-state index is 6.05. The molecule has 134 valence electrons. The fraction of sp³-hybridized carbons (Fsp3) is 0.350. The number of anilines is 1. The first-order valence-electron chi connectivity index (χ1n) is 8.51. The van der Waals surface area contributed by atoms with Gasteiger partial charge in [0.25, 0.3) is 0 Å². The molecule has 1 aliphatic carbocycles. The van der Waals surface area contributed by atoms with E-state index in [1.165, 1.54) is 41.5 Å². The summed E-state index contributed by atoms with van der Waals surface area (Å²) in [4.78, 5) is 6.63. The van der Waals surface area contributed by atoms with Crippen molar-refractivity contribution in [2.45, 2.75) is 32.4 Å². The van der Waals surface area contributed by atoms with E-state index in [2.05, 4.69) is 71.8 Å². The van der Waals surface area contributed by atoms with Gasteiger partial charge in [-0.25, -0.2) is 4.99 Å². The van der Waals surface area contributed by atoms with Crippen LogP contribution in [0.5, 0.6) is 0 Å². The third-order valence-corrected chi connectivity index (χ3v) is 4.29. The molecule has 0 saturated carbocycles. The van der Waals surface area contributed by atoms with E-state index < -0.39 is 0 Å². The van der Waals surface area contributed by atoms with Crippen molar-refractivity contribution in [3.8, 4) is 0 Å². The van der Waals surface area contributed by atoms with Crippen LogP contribution in [0.15, 0.2) is 47.5 Å². The number of hydrogen-bond acceptors (Lipinski definition) is 2. The Balaban J connectivity index is 0.00000225. The second-order valence-corrected chi connectivity index (χ2v) is 6.72. The fourth-order valence-electron chi connectivity index (χ4n) is 3.20. The molecule has 0 atom stereocenters. The van der Waals surface area contributed by atoms with E-state index >= 15 is 0 Å². The second kappa shape index (κ2) is 9.20. The highest BCUT2D eigenvalue weighted by atomic mass is 127. The first kappa shape index (κ1) is 19.7. The van der Waals surface area contributed by atoms with Gasteiger partial charge in [0, 0.05) is 12.2 Å². The highest BCUT2D eigenvalue weighted by Gasteiger charge is 2.10. The van der Waals surface area contributed by atoms with Crippen LogP contribution in [-0.2, 0) is 25.9 Å². The number of fused-ring (bicyclic) bond motifs is 1. The minimum absolute atomic E-state index is 0. The molecule has 2 aromatic carbocycles. The molecule has 0 spiro atoms. The Hall–Kier alpha value is -1.60. The van der Waals surface area contributed by atoms with Crippen LogP contribution in [-0.4, -0.2) is 25.0 Å². The van der Waals surface area contributed by atoms with Crippen LogP contribution >= 0.6 is 24.0 Å². The van der Waals surface area contributed by atoms with E-state index in [0.29, 0.717) is 12.5 Å². The number of nitrogens with one attached hydrogen (secondary N) is 1. The smallest absolute Gasteiger partial charge is 0.193 e. The Kier molecular flexibility index (Phi) is 7.25. The zero-order valence-corrected chi connectivity index (χ0v) is 17.3. The summed E-state index contributed by atoms with van der Waals surface area (Å²) in [6.45, 7) is 1.52. The lowest BCUT2D eigenvalue weighted by molar-refractivity contribution is 0.402. The third-order valence-electron chi connectivity index (χ3n) is 4.29. The van der Waals surface area contributed by atoms with Crippen molar-refractivity contribution in [2.24, 2.45) is 10.7 Å². The molecule has 4 nitrogen and oxygen atoms in total. The molecule has 0 aromatic heterocycles. The summed E-state index contributed by atoms with van der Waals surface area (Å²) in [6, 6.07) is 15.0. The molecule has 5 heteroatoms. The first-order valence-corrected chi connectivity index (χ1v) is 8.51. The fourth-order valence-corrected chi connectivity index (χ4v) is 3.20. The van der Waals surface area contributed by atoms with Crippen molar-refractivity contribution in [3.63, 3.8) is 0 Å². The van der Waals surface area contributed by atoms with Gasteiger partial charge in [-0.05, 0) is 67.7 Å². The predicted octanol–water partition coefficient (Wildman–Crippen LogP) is 3.78. The number of benzene rings is 2. The highest BCUT2D eigenvalue weighted by Crippen LogP contribution is 2.24. The normalized spacial score (nSPS) is 13.5. The highest BCUT2D eigenvalue weighted by molar-refractivity contribution is 14.0. The van der Waals surface area contributed by atoms with Crippen molar-refractivity contribution in [1.82, 2.24) is 4.90 Å². The lowest BCUT2D eigenvalue weighted by Crippen LogP contribution is -2.22. The molecule has 1 aliphatic rings. The van der Waals surface area contributed by atoms with Crippen LogP contribution in [0.3, 0.4) is 0 Å². The van der Waals surface area contributed by atoms with Crippen molar-refractivity contribution in [2.75, 3.05) is 19.4 Å². The van der Waals surface area contributed by atoms with Crippen LogP contribution in [0.1, 0.15) is 28.7 Å². The summed E-state index contributed by atoms with van der Waals surface area (Å²) in [6.07, 6.45) is 3.62. The first-order chi connectivity index (χ1) is 11.6. The second-order valence-electron chi connectivity index (χ2n) is 6.72. The van der Waals surface area contributed by atoms with Crippen molar-refractivity contribution in [1.29, 1.82) is 0 Å². The maximum Gasteiger partial charge on any atom is 0.193 e. The molecule has 0 saturated heterocycles. The minimum Gasteiger partial charge on any atom is -0.370 e.